The number of rotatable bonds is 6. The summed E-state index contributed by atoms with van der Waals surface area (Å²) < 4.78 is 6.25. The van der Waals surface area contributed by atoms with E-state index in [0.29, 0.717) is 11.3 Å². The molecular formula is C35H43N5O3S. The summed E-state index contributed by atoms with van der Waals surface area (Å²) in [6.07, 6.45) is 3.66. The molecule has 232 valence electrons. The van der Waals surface area contributed by atoms with E-state index in [9.17, 15) is 9.90 Å². The highest BCUT2D eigenvalue weighted by atomic mass is 32.1. The lowest BCUT2D eigenvalue weighted by Crippen LogP contribution is -2.39. The van der Waals surface area contributed by atoms with E-state index in [1.165, 1.54) is 11.1 Å². The Balaban J connectivity index is 1.43. The van der Waals surface area contributed by atoms with Crippen LogP contribution in [0.1, 0.15) is 81.6 Å². The molecule has 1 atom stereocenters. The van der Waals surface area contributed by atoms with E-state index in [0.717, 1.165) is 83.4 Å². The second-order valence-corrected chi connectivity index (χ2v) is 15.0. The molecule has 1 saturated heterocycles. The quantitative estimate of drug-likeness (QED) is 0.239. The van der Waals surface area contributed by atoms with Crippen molar-refractivity contribution >= 4 is 38.5 Å². The first-order chi connectivity index (χ1) is 20.8. The van der Waals surface area contributed by atoms with E-state index >= 15 is 0 Å². The van der Waals surface area contributed by atoms with Crippen LogP contribution in [-0.4, -0.2) is 51.3 Å². The fourth-order valence-corrected chi connectivity index (χ4v) is 7.45. The molecule has 9 heteroatoms. The summed E-state index contributed by atoms with van der Waals surface area (Å²) in [4.78, 5) is 32.8. The Morgan fingerprint density at radius 1 is 1.02 bits per heavy atom. The van der Waals surface area contributed by atoms with Crippen LogP contribution in [0.4, 0.5) is 10.8 Å². The Labute approximate surface area is 264 Å². The molecule has 0 saturated carbocycles. The molecule has 1 N–H and O–H groups in total. The minimum atomic E-state index is -1.12. The molecule has 1 fully saturated rings. The first-order valence-corrected chi connectivity index (χ1v) is 16.4. The summed E-state index contributed by atoms with van der Waals surface area (Å²) >= 11 is 1.64. The van der Waals surface area contributed by atoms with Gasteiger partial charge in [-0.25, -0.2) is 14.8 Å². The largest absolute Gasteiger partial charge is 0.479 e. The highest BCUT2D eigenvalue weighted by Gasteiger charge is 2.36. The highest BCUT2D eigenvalue weighted by Crippen LogP contribution is 2.45. The van der Waals surface area contributed by atoms with Crippen LogP contribution in [0, 0.1) is 19.3 Å². The lowest BCUT2D eigenvalue weighted by molar-refractivity contribution is -0.160. The van der Waals surface area contributed by atoms with Gasteiger partial charge in [0.15, 0.2) is 11.2 Å². The van der Waals surface area contributed by atoms with E-state index in [4.69, 9.17) is 14.7 Å². The maximum Gasteiger partial charge on any atom is 0.337 e. The van der Waals surface area contributed by atoms with E-state index in [2.05, 4.69) is 46.8 Å². The minimum absolute atomic E-state index is 0.249. The number of aromatic nitrogens is 3. The predicted octanol–water partition coefficient (Wildman–Crippen LogP) is 7.50. The topological polar surface area (TPSA) is 91.7 Å². The summed E-state index contributed by atoms with van der Waals surface area (Å²) in [6.45, 7) is 17.7. The van der Waals surface area contributed by atoms with Crippen molar-refractivity contribution in [3.05, 3.63) is 64.6 Å². The van der Waals surface area contributed by atoms with Crippen LogP contribution in [0.2, 0.25) is 0 Å². The molecule has 6 rings (SSSR count). The minimum Gasteiger partial charge on any atom is -0.479 e. The third-order valence-electron chi connectivity index (χ3n) is 8.90. The predicted molar refractivity (Wildman–Crippen MR) is 178 cm³/mol. The van der Waals surface area contributed by atoms with Crippen LogP contribution in [0.15, 0.2) is 36.5 Å². The number of thiazole rings is 1. The van der Waals surface area contributed by atoms with Gasteiger partial charge in [0.25, 0.3) is 0 Å². The molecule has 0 bridgehead atoms. The number of ether oxygens (including phenoxy) is 1. The Kier molecular flexibility index (Phi) is 7.91. The molecule has 4 aromatic rings. The molecule has 44 heavy (non-hydrogen) atoms. The number of pyridine rings is 2. The number of carboxylic acid groups (broad SMARTS) is 1. The van der Waals surface area contributed by atoms with Crippen LogP contribution in [0.5, 0.6) is 0 Å². The zero-order chi connectivity index (χ0) is 31.4. The number of carbonyl (C=O) groups is 1. The zero-order valence-electron chi connectivity index (χ0n) is 26.9. The van der Waals surface area contributed by atoms with Gasteiger partial charge in [-0.3, -0.25) is 4.98 Å². The van der Waals surface area contributed by atoms with Crippen molar-refractivity contribution in [2.45, 2.75) is 86.0 Å². The average molecular weight is 614 g/mol. The van der Waals surface area contributed by atoms with Gasteiger partial charge in [-0.05, 0) is 88.1 Å². The zero-order valence-corrected chi connectivity index (χ0v) is 27.7. The second-order valence-electron chi connectivity index (χ2n) is 14.0. The summed E-state index contributed by atoms with van der Waals surface area (Å²) in [5.41, 5.74) is 8.48. The van der Waals surface area contributed by atoms with Crippen molar-refractivity contribution in [2.24, 2.45) is 5.41 Å². The maximum atomic E-state index is 12.8. The SMILES string of the molecule is Cc1nc(C)c(C(OC(C)(C)C)C(=O)O)c(N2CCC(C)(C)CC2)c1-c1ccc2c(c1)CCN(c1nc3cccnc3s1)C2. The van der Waals surface area contributed by atoms with Crippen molar-refractivity contribution in [3.8, 4) is 11.1 Å². The van der Waals surface area contributed by atoms with E-state index in [1.54, 1.807) is 11.3 Å². The number of benzene rings is 1. The molecule has 2 aliphatic rings. The van der Waals surface area contributed by atoms with Gasteiger partial charge < -0.3 is 19.6 Å². The van der Waals surface area contributed by atoms with Gasteiger partial charge in [-0.15, -0.1) is 0 Å². The van der Waals surface area contributed by atoms with Gasteiger partial charge in [-0.2, -0.15) is 0 Å². The van der Waals surface area contributed by atoms with Crippen molar-refractivity contribution in [3.63, 3.8) is 0 Å². The number of nitrogens with zero attached hydrogens (tertiary/aromatic N) is 5. The second kappa shape index (κ2) is 11.4. The molecule has 1 unspecified atom stereocenters. The summed E-state index contributed by atoms with van der Waals surface area (Å²) in [5.74, 6) is -0.992. The number of piperidine rings is 1. The Bertz CT molecular complexity index is 1680. The van der Waals surface area contributed by atoms with Gasteiger partial charge in [0.05, 0.1) is 11.3 Å². The van der Waals surface area contributed by atoms with E-state index in [1.807, 2.05) is 52.9 Å². The Morgan fingerprint density at radius 2 is 1.77 bits per heavy atom. The lowest BCUT2D eigenvalue weighted by atomic mass is 9.81. The van der Waals surface area contributed by atoms with Crippen molar-refractivity contribution in [1.82, 2.24) is 15.0 Å². The Morgan fingerprint density at radius 3 is 2.45 bits per heavy atom. The number of aryl methyl sites for hydroxylation is 2. The number of aliphatic carboxylic acids is 1. The number of hydrogen-bond donors (Lipinski definition) is 1. The monoisotopic (exact) mass is 613 g/mol. The van der Waals surface area contributed by atoms with Gasteiger partial charge in [0, 0.05) is 54.9 Å². The number of anilines is 2. The molecular weight excluding hydrogens is 570 g/mol. The van der Waals surface area contributed by atoms with Gasteiger partial charge >= 0.3 is 5.97 Å². The summed E-state index contributed by atoms with van der Waals surface area (Å²) in [7, 11) is 0. The average Bonchev–Trinajstić information content (AvgIpc) is 3.39. The highest BCUT2D eigenvalue weighted by molar-refractivity contribution is 7.21. The first-order valence-electron chi connectivity index (χ1n) is 15.5. The number of hydrogen-bond acceptors (Lipinski definition) is 8. The van der Waals surface area contributed by atoms with Gasteiger partial charge in [0.1, 0.15) is 10.3 Å². The van der Waals surface area contributed by atoms with Crippen LogP contribution in [0.3, 0.4) is 0 Å². The molecule has 1 aromatic carbocycles. The van der Waals surface area contributed by atoms with Crippen LogP contribution in [0.25, 0.3) is 21.5 Å². The molecule has 5 heterocycles. The van der Waals surface area contributed by atoms with Crippen LogP contribution < -0.4 is 9.80 Å². The summed E-state index contributed by atoms with van der Waals surface area (Å²) in [6, 6.07) is 10.7. The molecule has 0 amide bonds. The maximum absolute atomic E-state index is 12.8. The molecule has 3 aromatic heterocycles. The van der Waals surface area contributed by atoms with E-state index < -0.39 is 17.7 Å². The standard InChI is InChI=1S/C35H43N5O3S/c1-21-27(24-10-11-25-20-40(16-12-23(25)19-24)33-38-26-9-8-15-36-31(26)44-33)29(39-17-13-35(6,7)14-18-39)28(22(2)37-21)30(32(41)42)43-34(3,4)5/h8-11,15,19,30H,12-14,16-18,20H2,1-7H3,(H,41,42). The normalized spacial score (nSPS) is 17.5. The van der Waals surface area contributed by atoms with Crippen molar-refractivity contribution in [2.75, 3.05) is 29.4 Å². The smallest absolute Gasteiger partial charge is 0.337 e. The fraction of sp³-hybridized carbons (Fsp3) is 0.486. The third-order valence-corrected chi connectivity index (χ3v) is 9.94. The van der Waals surface area contributed by atoms with Gasteiger partial charge in [0.2, 0.25) is 0 Å². The molecule has 8 nitrogen and oxygen atoms in total. The Hall–Kier alpha value is -3.56. The van der Waals surface area contributed by atoms with Crippen LogP contribution in [-0.2, 0) is 22.5 Å². The van der Waals surface area contributed by atoms with Gasteiger partial charge in [-0.1, -0.05) is 43.4 Å². The number of carboxylic acids is 1. The molecule has 2 aliphatic heterocycles. The van der Waals surface area contributed by atoms with Crippen molar-refractivity contribution < 1.29 is 14.6 Å². The van der Waals surface area contributed by atoms with Crippen molar-refractivity contribution in [1.29, 1.82) is 0 Å². The number of fused-ring (bicyclic) bond motifs is 2. The van der Waals surface area contributed by atoms with Crippen LogP contribution >= 0.6 is 11.3 Å². The summed E-state index contributed by atoms with van der Waals surface area (Å²) in [5, 5.41) is 11.5. The molecule has 0 spiro atoms. The first kappa shape index (κ1) is 30.5. The lowest BCUT2D eigenvalue weighted by Gasteiger charge is -2.41. The molecule has 0 aliphatic carbocycles. The third kappa shape index (κ3) is 6.04. The fourth-order valence-electron chi connectivity index (χ4n) is 6.52. The molecule has 0 radical (unpaired) electrons. The van der Waals surface area contributed by atoms with E-state index in [-0.39, 0.29) is 5.41 Å².